The van der Waals surface area contributed by atoms with Crippen LogP contribution in [0.4, 0.5) is 5.69 Å². The van der Waals surface area contributed by atoms with E-state index in [1.165, 1.54) is 11.1 Å². The monoisotopic (exact) mass is 768 g/mol. The Balaban J connectivity index is 1.22. The molecule has 10 nitrogen and oxygen atoms in total. The molecule has 0 unspecified atom stereocenters. The van der Waals surface area contributed by atoms with Gasteiger partial charge in [-0.1, -0.05) is 31.0 Å². The number of carbonyl (C=O) groups excluding carboxylic acids is 2. The van der Waals surface area contributed by atoms with Crippen molar-refractivity contribution in [3.63, 3.8) is 0 Å². The van der Waals surface area contributed by atoms with Gasteiger partial charge in [0.25, 0.3) is 5.91 Å². The van der Waals surface area contributed by atoms with Crippen molar-refractivity contribution in [2.24, 2.45) is 23.7 Å². The molecule has 2 bridgehead atoms. The highest BCUT2D eigenvalue weighted by atomic mass is 35.5. The van der Waals surface area contributed by atoms with Crippen molar-refractivity contribution in [1.29, 1.82) is 0 Å². The van der Waals surface area contributed by atoms with E-state index in [1.54, 1.807) is 20.1 Å². The molecule has 7 rings (SSSR count). The molecule has 3 aliphatic heterocycles. The van der Waals surface area contributed by atoms with Gasteiger partial charge in [0.15, 0.2) is 0 Å². The Morgan fingerprint density at radius 3 is 2.64 bits per heavy atom. The van der Waals surface area contributed by atoms with Crippen LogP contribution in [0.5, 0.6) is 5.75 Å². The number of hydrogen-bond donors (Lipinski definition) is 1. The van der Waals surface area contributed by atoms with E-state index in [0.29, 0.717) is 56.0 Å². The number of nitrogens with one attached hydrogen (secondary N) is 1. The molecule has 1 spiro atoms. The number of benzene rings is 2. The SMILES string of the molecule is COCCN1CCN(C[C@H]2CCC[C@H](C)[C@@H](C)S(=O)(=O)NC(=O)c3ccc4c(c3)N(C[C@@H]3CC[C@@H]23)C[C@@]2(CCCc3cc(Cl)ccc32)CO4)CCC1=O. The highest BCUT2D eigenvalue weighted by Crippen LogP contribution is 2.48. The molecule has 290 valence electrons. The summed E-state index contributed by atoms with van der Waals surface area (Å²) < 4.78 is 41.5. The maximum Gasteiger partial charge on any atom is 0.264 e. The lowest BCUT2D eigenvalue weighted by molar-refractivity contribution is -0.131. The molecule has 1 N–H and O–H groups in total. The number of amides is 2. The van der Waals surface area contributed by atoms with Crippen molar-refractivity contribution in [2.75, 3.05) is 71.0 Å². The van der Waals surface area contributed by atoms with E-state index in [1.807, 2.05) is 30.0 Å². The zero-order valence-corrected chi connectivity index (χ0v) is 33.2. The molecule has 2 aromatic rings. The minimum absolute atomic E-state index is 0.114. The van der Waals surface area contributed by atoms with Gasteiger partial charge < -0.3 is 24.2 Å². The van der Waals surface area contributed by atoms with Crippen molar-refractivity contribution < 1.29 is 27.5 Å². The molecule has 6 atom stereocenters. The number of hydrogen-bond acceptors (Lipinski definition) is 8. The Labute approximate surface area is 320 Å². The Morgan fingerprint density at radius 2 is 1.85 bits per heavy atom. The normalized spacial score (nSPS) is 31.0. The molecule has 1 saturated carbocycles. The number of methoxy groups -OCH3 is 1. The fourth-order valence-electron chi connectivity index (χ4n) is 9.81. The summed E-state index contributed by atoms with van der Waals surface area (Å²) in [5.41, 5.74) is 3.49. The molecule has 3 heterocycles. The third-order valence-electron chi connectivity index (χ3n) is 13.3. The summed E-state index contributed by atoms with van der Waals surface area (Å²) in [5.74, 6) is 1.61. The smallest absolute Gasteiger partial charge is 0.264 e. The van der Waals surface area contributed by atoms with Gasteiger partial charge in [0, 0.05) is 75.3 Å². The van der Waals surface area contributed by atoms with Crippen LogP contribution in [0, 0.1) is 23.7 Å². The fourth-order valence-corrected chi connectivity index (χ4v) is 11.3. The molecule has 2 fully saturated rings. The first-order valence-corrected chi connectivity index (χ1v) is 21.7. The average molecular weight is 769 g/mol. The van der Waals surface area contributed by atoms with E-state index in [4.69, 9.17) is 21.1 Å². The minimum atomic E-state index is -3.91. The summed E-state index contributed by atoms with van der Waals surface area (Å²) in [6.07, 6.45) is 8.52. The van der Waals surface area contributed by atoms with Crippen LogP contribution in [-0.2, 0) is 31.4 Å². The van der Waals surface area contributed by atoms with E-state index in [9.17, 15) is 18.0 Å². The molecule has 0 aromatic heterocycles. The minimum Gasteiger partial charge on any atom is -0.490 e. The van der Waals surface area contributed by atoms with Crippen LogP contribution in [-0.4, -0.2) is 101 Å². The number of carbonyl (C=O) groups is 2. The highest BCUT2D eigenvalue weighted by molar-refractivity contribution is 7.90. The molecule has 2 aliphatic carbocycles. The molecule has 1 saturated heterocycles. The third-order valence-corrected chi connectivity index (χ3v) is 15.5. The molecule has 53 heavy (non-hydrogen) atoms. The van der Waals surface area contributed by atoms with Gasteiger partial charge in [-0.05, 0) is 117 Å². The quantitative estimate of drug-likeness (QED) is 0.401. The predicted molar refractivity (Wildman–Crippen MR) is 208 cm³/mol. The van der Waals surface area contributed by atoms with Crippen molar-refractivity contribution in [3.05, 3.63) is 58.1 Å². The number of ether oxygens (including phenoxy) is 2. The number of nitrogens with zero attached hydrogens (tertiary/aromatic N) is 3. The number of aryl methyl sites for hydroxylation is 1. The Bertz CT molecular complexity index is 1770. The zero-order valence-electron chi connectivity index (χ0n) is 31.7. The average Bonchev–Trinajstić information content (AvgIpc) is 3.39. The second-order valence-electron chi connectivity index (χ2n) is 16.6. The van der Waals surface area contributed by atoms with Gasteiger partial charge in [-0.25, -0.2) is 13.1 Å². The molecule has 2 amide bonds. The van der Waals surface area contributed by atoms with E-state index in [0.717, 1.165) is 101 Å². The molecule has 0 radical (unpaired) electrons. The first-order chi connectivity index (χ1) is 25.5. The van der Waals surface area contributed by atoms with Crippen LogP contribution in [0.15, 0.2) is 36.4 Å². The van der Waals surface area contributed by atoms with Crippen LogP contribution in [0.25, 0.3) is 0 Å². The summed E-state index contributed by atoms with van der Waals surface area (Å²) in [4.78, 5) is 33.5. The Kier molecular flexibility index (Phi) is 11.7. The highest BCUT2D eigenvalue weighted by Gasteiger charge is 2.45. The summed E-state index contributed by atoms with van der Waals surface area (Å²) in [6.45, 7) is 10.2. The molecule has 5 aliphatic rings. The summed E-state index contributed by atoms with van der Waals surface area (Å²) in [5, 5.41) is 0.0297. The van der Waals surface area contributed by atoms with Gasteiger partial charge in [0.1, 0.15) is 5.75 Å². The summed E-state index contributed by atoms with van der Waals surface area (Å²) >= 11 is 6.49. The molecule has 2 aromatic carbocycles. The van der Waals surface area contributed by atoms with Crippen LogP contribution in [0.1, 0.15) is 86.7 Å². The maximum absolute atomic E-state index is 13.6. The van der Waals surface area contributed by atoms with Crippen LogP contribution in [0.3, 0.4) is 0 Å². The number of sulfonamides is 1. The van der Waals surface area contributed by atoms with E-state index < -0.39 is 21.2 Å². The van der Waals surface area contributed by atoms with Crippen molar-refractivity contribution >= 4 is 39.1 Å². The lowest BCUT2D eigenvalue weighted by Crippen LogP contribution is -2.50. The first kappa shape index (κ1) is 38.4. The second kappa shape index (κ2) is 16.1. The molecular formula is C41H57ClN4O6S. The van der Waals surface area contributed by atoms with Crippen LogP contribution >= 0.6 is 11.6 Å². The van der Waals surface area contributed by atoms with Gasteiger partial charge >= 0.3 is 0 Å². The number of rotatable bonds is 5. The topological polar surface area (TPSA) is 108 Å². The lowest BCUT2D eigenvalue weighted by atomic mass is 9.65. The van der Waals surface area contributed by atoms with Crippen molar-refractivity contribution in [1.82, 2.24) is 14.5 Å². The number of fused-ring (bicyclic) bond motifs is 4. The number of halogens is 1. The van der Waals surface area contributed by atoms with Crippen molar-refractivity contribution in [2.45, 2.75) is 82.3 Å². The van der Waals surface area contributed by atoms with E-state index >= 15 is 0 Å². The fraction of sp³-hybridized carbons (Fsp3) is 0.659. The zero-order chi connectivity index (χ0) is 37.3. The van der Waals surface area contributed by atoms with Crippen LogP contribution < -0.4 is 14.4 Å². The first-order valence-electron chi connectivity index (χ1n) is 19.8. The van der Waals surface area contributed by atoms with E-state index in [2.05, 4.69) is 26.7 Å². The van der Waals surface area contributed by atoms with Crippen molar-refractivity contribution in [3.8, 4) is 5.75 Å². The Hall–Kier alpha value is -2.86. The number of anilines is 1. The predicted octanol–water partition coefficient (Wildman–Crippen LogP) is 5.90. The van der Waals surface area contributed by atoms with E-state index in [-0.39, 0.29) is 17.2 Å². The van der Waals surface area contributed by atoms with Gasteiger partial charge in [-0.2, -0.15) is 0 Å². The van der Waals surface area contributed by atoms with Gasteiger partial charge in [0.05, 0.1) is 24.2 Å². The molecular weight excluding hydrogens is 712 g/mol. The largest absolute Gasteiger partial charge is 0.490 e. The molecule has 12 heteroatoms. The second-order valence-corrected chi connectivity index (χ2v) is 19.0. The van der Waals surface area contributed by atoms with Crippen LogP contribution in [0.2, 0.25) is 5.02 Å². The van der Waals surface area contributed by atoms with Gasteiger partial charge in [-0.3, -0.25) is 9.59 Å². The Morgan fingerprint density at radius 1 is 1.00 bits per heavy atom. The summed E-state index contributed by atoms with van der Waals surface area (Å²) in [6, 6.07) is 11.7. The standard InChI is InChI=1S/C41H57ClN4O6S/c1-28-6-4-7-32(24-44-17-15-39(47)45(19-18-44)20-21-51-3)35-12-9-33(35)25-46-26-41(16-5-8-30-22-34(42)11-13-36(30)41)27-52-38-14-10-31(23-37(38)46)40(48)43-53(49,50)29(28)2/h10-11,13-14,22-23,28-29,32-33,35H,4-9,12,15-21,24-27H2,1-3H3,(H,43,48)/t28-,29+,32+,33-,35-,41-/m0/s1. The lowest BCUT2D eigenvalue weighted by Gasteiger charge is -2.47. The van der Waals surface area contributed by atoms with Gasteiger partial charge in [-0.15, -0.1) is 0 Å². The van der Waals surface area contributed by atoms with Gasteiger partial charge in [0.2, 0.25) is 15.9 Å². The third kappa shape index (κ3) is 8.24. The maximum atomic E-state index is 13.6. The summed E-state index contributed by atoms with van der Waals surface area (Å²) in [7, 11) is -2.24.